The highest BCUT2D eigenvalue weighted by molar-refractivity contribution is 7.99. The standard InChI is InChI=1S/C16H20N6O5S2/c1-20-16(17-18-19-20)28-11-15(23)21-4-6-22(7-5-21)29(24,25)12-2-3-13-14(10-12)27-9-8-26-13/h2-3,10H,4-9,11H2,1H3. The summed E-state index contributed by atoms with van der Waals surface area (Å²) in [4.78, 5) is 14.2. The molecule has 0 saturated carbocycles. The molecular weight excluding hydrogens is 420 g/mol. The van der Waals surface area contributed by atoms with E-state index >= 15 is 0 Å². The van der Waals surface area contributed by atoms with Gasteiger partial charge in [-0.3, -0.25) is 4.79 Å². The summed E-state index contributed by atoms with van der Waals surface area (Å²) in [6.07, 6.45) is 0. The summed E-state index contributed by atoms with van der Waals surface area (Å²) < 4.78 is 39.7. The Balaban J connectivity index is 1.36. The van der Waals surface area contributed by atoms with Crippen LogP contribution in [-0.2, 0) is 21.9 Å². The summed E-state index contributed by atoms with van der Waals surface area (Å²) in [7, 11) is -1.97. The SMILES string of the molecule is Cn1nnnc1SCC(=O)N1CCN(S(=O)(=O)c2ccc3c(c2)OCCO3)CC1. The third-order valence-electron chi connectivity index (χ3n) is 4.65. The number of hydrogen-bond donors (Lipinski definition) is 0. The molecule has 3 heterocycles. The van der Waals surface area contributed by atoms with E-state index in [4.69, 9.17) is 9.47 Å². The molecule has 0 bridgehead atoms. The molecule has 11 nitrogen and oxygen atoms in total. The molecule has 29 heavy (non-hydrogen) atoms. The van der Waals surface area contributed by atoms with Crippen LogP contribution in [0.5, 0.6) is 11.5 Å². The number of aryl methyl sites for hydroxylation is 1. The van der Waals surface area contributed by atoms with Gasteiger partial charge >= 0.3 is 0 Å². The van der Waals surface area contributed by atoms with Gasteiger partial charge in [-0.15, -0.1) is 5.10 Å². The molecule has 1 amide bonds. The van der Waals surface area contributed by atoms with Crippen LogP contribution in [0.25, 0.3) is 0 Å². The maximum atomic E-state index is 13.0. The number of sulfonamides is 1. The van der Waals surface area contributed by atoms with E-state index in [1.54, 1.807) is 18.0 Å². The highest BCUT2D eigenvalue weighted by Gasteiger charge is 2.31. The summed E-state index contributed by atoms with van der Waals surface area (Å²) in [6, 6.07) is 4.62. The van der Waals surface area contributed by atoms with Crippen molar-refractivity contribution in [3.63, 3.8) is 0 Å². The number of ether oxygens (including phenoxy) is 2. The van der Waals surface area contributed by atoms with Gasteiger partial charge < -0.3 is 14.4 Å². The Morgan fingerprint density at radius 3 is 2.55 bits per heavy atom. The van der Waals surface area contributed by atoms with E-state index < -0.39 is 10.0 Å². The van der Waals surface area contributed by atoms with Crippen LogP contribution in [0.3, 0.4) is 0 Å². The first-order valence-corrected chi connectivity index (χ1v) is 11.4. The van der Waals surface area contributed by atoms with Gasteiger partial charge in [0.1, 0.15) is 13.2 Å². The van der Waals surface area contributed by atoms with Crippen molar-refractivity contribution in [3.8, 4) is 11.5 Å². The van der Waals surface area contributed by atoms with Crippen LogP contribution in [-0.4, -0.2) is 88.9 Å². The third-order valence-corrected chi connectivity index (χ3v) is 7.54. The molecule has 156 valence electrons. The molecular formula is C16H20N6O5S2. The molecule has 13 heteroatoms. The highest BCUT2D eigenvalue weighted by Crippen LogP contribution is 2.33. The van der Waals surface area contributed by atoms with E-state index in [1.807, 2.05) is 0 Å². The monoisotopic (exact) mass is 440 g/mol. The normalized spacial score (nSPS) is 17.3. The van der Waals surface area contributed by atoms with Crippen LogP contribution in [0.2, 0.25) is 0 Å². The zero-order chi connectivity index (χ0) is 20.4. The van der Waals surface area contributed by atoms with Crippen molar-refractivity contribution in [1.82, 2.24) is 29.4 Å². The maximum Gasteiger partial charge on any atom is 0.243 e. The van der Waals surface area contributed by atoms with Gasteiger partial charge in [0.25, 0.3) is 0 Å². The Hall–Kier alpha value is -2.38. The number of rotatable bonds is 5. The van der Waals surface area contributed by atoms with E-state index in [0.29, 0.717) is 43.0 Å². The number of hydrogen-bond acceptors (Lipinski definition) is 9. The molecule has 0 N–H and O–H groups in total. The predicted molar refractivity (Wildman–Crippen MR) is 102 cm³/mol. The van der Waals surface area contributed by atoms with Gasteiger partial charge in [-0.1, -0.05) is 11.8 Å². The Morgan fingerprint density at radius 1 is 1.14 bits per heavy atom. The van der Waals surface area contributed by atoms with Gasteiger partial charge in [0.2, 0.25) is 21.1 Å². The fourth-order valence-corrected chi connectivity index (χ4v) is 5.26. The van der Waals surface area contributed by atoms with Gasteiger partial charge in [0.05, 0.1) is 10.6 Å². The van der Waals surface area contributed by atoms with E-state index in [0.717, 1.165) is 0 Å². The number of fused-ring (bicyclic) bond motifs is 1. The molecule has 2 aliphatic rings. The van der Waals surface area contributed by atoms with Gasteiger partial charge in [-0.05, 0) is 22.6 Å². The average Bonchev–Trinajstić information content (AvgIpc) is 3.16. The first kappa shape index (κ1) is 19.9. The lowest BCUT2D eigenvalue weighted by Crippen LogP contribution is -2.51. The smallest absolute Gasteiger partial charge is 0.243 e. The number of thioether (sulfide) groups is 1. The Bertz CT molecular complexity index is 1000. The van der Waals surface area contributed by atoms with Crippen molar-refractivity contribution in [3.05, 3.63) is 18.2 Å². The first-order valence-electron chi connectivity index (χ1n) is 8.98. The number of carbonyl (C=O) groups excluding carboxylic acids is 1. The second-order valence-corrected chi connectivity index (χ2v) is 9.34. The zero-order valence-corrected chi connectivity index (χ0v) is 17.4. The molecule has 2 aromatic rings. The summed E-state index contributed by atoms with van der Waals surface area (Å²) in [5, 5.41) is 11.6. The Kier molecular flexibility index (Phi) is 5.61. The molecule has 1 aromatic heterocycles. The predicted octanol–water partition coefficient (Wildman–Crippen LogP) is -0.393. The summed E-state index contributed by atoms with van der Waals surface area (Å²) >= 11 is 1.25. The third kappa shape index (κ3) is 4.16. The quantitative estimate of drug-likeness (QED) is 0.572. The van der Waals surface area contributed by atoms with E-state index in [-0.39, 0.29) is 29.6 Å². The van der Waals surface area contributed by atoms with Crippen molar-refractivity contribution in [1.29, 1.82) is 0 Å². The molecule has 1 fully saturated rings. The van der Waals surface area contributed by atoms with E-state index in [1.165, 1.54) is 32.9 Å². The van der Waals surface area contributed by atoms with E-state index in [2.05, 4.69) is 15.5 Å². The van der Waals surface area contributed by atoms with Crippen molar-refractivity contribution in [2.24, 2.45) is 7.05 Å². The molecule has 1 saturated heterocycles. The largest absolute Gasteiger partial charge is 0.486 e. The van der Waals surface area contributed by atoms with E-state index in [9.17, 15) is 13.2 Å². The van der Waals surface area contributed by atoms with Crippen molar-refractivity contribution < 1.29 is 22.7 Å². The minimum Gasteiger partial charge on any atom is -0.486 e. The zero-order valence-electron chi connectivity index (χ0n) is 15.7. The lowest BCUT2D eigenvalue weighted by atomic mass is 10.3. The van der Waals surface area contributed by atoms with Crippen LogP contribution in [0.15, 0.2) is 28.3 Å². The molecule has 2 aliphatic heterocycles. The summed E-state index contributed by atoms with van der Waals surface area (Å²) in [6.45, 7) is 1.97. The molecule has 0 radical (unpaired) electrons. The number of aromatic nitrogens is 4. The van der Waals surface area contributed by atoms with Crippen LogP contribution < -0.4 is 9.47 Å². The number of benzene rings is 1. The Labute approximate surface area is 172 Å². The van der Waals surface area contributed by atoms with Crippen molar-refractivity contribution in [2.45, 2.75) is 10.1 Å². The minimum absolute atomic E-state index is 0.0747. The Morgan fingerprint density at radius 2 is 1.86 bits per heavy atom. The lowest BCUT2D eigenvalue weighted by molar-refractivity contribution is -0.129. The molecule has 0 atom stereocenters. The fourth-order valence-electron chi connectivity index (χ4n) is 3.07. The second-order valence-electron chi connectivity index (χ2n) is 6.46. The second kappa shape index (κ2) is 8.16. The van der Waals surface area contributed by atoms with Gasteiger partial charge in [-0.25, -0.2) is 13.1 Å². The van der Waals surface area contributed by atoms with Gasteiger partial charge in [-0.2, -0.15) is 4.31 Å². The average molecular weight is 441 g/mol. The van der Waals surface area contributed by atoms with Crippen LogP contribution in [0, 0.1) is 0 Å². The number of tetrazole rings is 1. The number of carbonyl (C=O) groups is 1. The van der Waals surface area contributed by atoms with Crippen LogP contribution in [0.1, 0.15) is 0 Å². The molecule has 0 unspecified atom stereocenters. The van der Waals surface area contributed by atoms with Crippen molar-refractivity contribution in [2.75, 3.05) is 45.1 Å². The van der Waals surface area contributed by atoms with Crippen LogP contribution >= 0.6 is 11.8 Å². The molecule has 0 spiro atoms. The molecule has 4 rings (SSSR count). The van der Waals surface area contributed by atoms with Crippen molar-refractivity contribution >= 4 is 27.7 Å². The first-order chi connectivity index (χ1) is 13.9. The summed E-state index contributed by atoms with van der Waals surface area (Å²) in [5.41, 5.74) is 0. The molecule has 1 aromatic carbocycles. The summed E-state index contributed by atoms with van der Waals surface area (Å²) in [5.74, 6) is 1.10. The number of nitrogens with zero attached hydrogens (tertiary/aromatic N) is 6. The topological polar surface area (TPSA) is 120 Å². The minimum atomic E-state index is -3.67. The number of amides is 1. The van der Waals surface area contributed by atoms with Gasteiger partial charge in [0, 0.05) is 39.3 Å². The lowest BCUT2D eigenvalue weighted by Gasteiger charge is -2.34. The fraction of sp³-hybridized carbons (Fsp3) is 0.500. The van der Waals surface area contributed by atoms with Crippen LogP contribution in [0.4, 0.5) is 0 Å². The molecule has 0 aliphatic carbocycles. The number of piperazine rings is 1. The van der Waals surface area contributed by atoms with Gasteiger partial charge in [0.15, 0.2) is 11.5 Å². The highest BCUT2D eigenvalue weighted by atomic mass is 32.2. The maximum absolute atomic E-state index is 13.0.